The summed E-state index contributed by atoms with van der Waals surface area (Å²) in [5, 5.41) is 0. The predicted octanol–water partition coefficient (Wildman–Crippen LogP) is 5.31. The Morgan fingerprint density at radius 2 is 1.38 bits per heavy atom. The predicted molar refractivity (Wildman–Crippen MR) is 83.4 cm³/mol. The van der Waals surface area contributed by atoms with Gasteiger partial charge in [0.1, 0.15) is 11.5 Å². The maximum absolute atomic E-state index is 12.2. The second kappa shape index (κ2) is 6.58. The Hall–Kier alpha value is -0.730. The number of rotatable bonds is 6. The summed E-state index contributed by atoms with van der Waals surface area (Å²) in [5.41, 5.74) is 2.19. The highest BCUT2D eigenvalue weighted by Crippen LogP contribution is 2.53. The quantitative estimate of drug-likeness (QED) is 0.675. The lowest BCUT2D eigenvalue weighted by molar-refractivity contribution is 0.208. The molecule has 2 atom stereocenters. The number of phosphoric acid groups is 1. The van der Waals surface area contributed by atoms with E-state index in [2.05, 4.69) is 13.8 Å². The first-order chi connectivity index (χ1) is 9.88. The van der Waals surface area contributed by atoms with Gasteiger partial charge in [0.05, 0.1) is 0 Å². The van der Waals surface area contributed by atoms with E-state index in [1.54, 1.807) is 0 Å². The zero-order valence-electron chi connectivity index (χ0n) is 13.5. The van der Waals surface area contributed by atoms with E-state index in [1.807, 2.05) is 13.8 Å². The minimum atomic E-state index is -4.06. The molecule has 2 aliphatic carbocycles. The molecule has 21 heavy (non-hydrogen) atoms. The number of allylic oxidation sites excluding steroid dienone is 4. The lowest BCUT2D eigenvalue weighted by atomic mass is 10.0. The highest BCUT2D eigenvalue weighted by atomic mass is 31.2. The van der Waals surface area contributed by atoms with E-state index in [1.165, 1.54) is 0 Å². The molecule has 0 spiro atoms. The van der Waals surface area contributed by atoms with Crippen molar-refractivity contribution < 1.29 is 18.5 Å². The van der Waals surface area contributed by atoms with Crippen molar-refractivity contribution in [2.75, 3.05) is 0 Å². The van der Waals surface area contributed by atoms with Crippen molar-refractivity contribution >= 4 is 7.82 Å². The molecule has 0 aromatic heterocycles. The van der Waals surface area contributed by atoms with Crippen molar-refractivity contribution in [2.45, 2.75) is 66.2 Å². The second-order valence-electron chi connectivity index (χ2n) is 6.15. The summed E-state index contributed by atoms with van der Waals surface area (Å²) >= 11 is 0. The molecule has 0 radical (unpaired) electrons. The van der Waals surface area contributed by atoms with E-state index < -0.39 is 7.82 Å². The number of hydrogen-bond acceptors (Lipinski definition) is 3. The average Bonchev–Trinajstić information content (AvgIpc) is 2.94. The fraction of sp³-hybridized carbons (Fsp3) is 0.750. The fourth-order valence-electron chi connectivity index (χ4n) is 3.45. The standard InChI is InChI=1S/C16H27O4P/c1-5-13-7-9-15(11(13)3)19-21(17,18)20-16-10-8-14(6-2)12(16)4/h13-14H,5-10H2,1-4H3,(H,17,18). The zero-order valence-corrected chi connectivity index (χ0v) is 14.4. The third kappa shape index (κ3) is 3.73. The molecular weight excluding hydrogens is 287 g/mol. The van der Waals surface area contributed by atoms with Gasteiger partial charge in [-0.05, 0) is 62.5 Å². The van der Waals surface area contributed by atoms with Gasteiger partial charge in [0.15, 0.2) is 0 Å². The van der Waals surface area contributed by atoms with Crippen LogP contribution in [0.4, 0.5) is 0 Å². The molecule has 2 aliphatic rings. The summed E-state index contributed by atoms with van der Waals surface area (Å²) in [5.74, 6) is 2.24. The normalized spacial score (nSPS) is 29.0. The van der Waals surface area contributed by atoms with E-state index in [0.717, 1.165) is 49.7 Å². The summed E-state index contributed by atoms with van der Waals surface area (Å²) in [6.07, 6.45) is 5.53. The lowest BCUT2D eigenvalue weighted by Gasteiger charge is -2.17. The Kier molecular flexibility index (Phi) is 5.21. The highest BCUT2D eigenvalue weighted by Gasteiger charge is 2.34. The molecule has 0 bridgehead atoms. The van der Waals surface area contributed by atoms with Crippen LogP contribution < -0.4 is 0 Å². The number of hydrogen-bond donors (Lipinski definition) is 1. The minimum Gasteiger partial charge on any atom is -0.400 e. The summed E-state index contributed by atoms with van der Waals surface area (Å²) in [4.78, 5) is 10.0. The smallest absolute Gasteiger partial charge is 0.400 e. The van der Waals surface area contributed by atoms with Crippen LogP contribution in [-0.4, -0.2) is 4.89 Å². The molecule has 5 heteroatoms. The van der Waals surface area contributed by atoms with Crippen molar-refractivity contribution in [1.82, 2.24) is 0 Å². The molecule has 0 fully saturated rings. The van der Waals surface area contributed by atoms with Crippen LogP contribution in [0.2, 0.25) is 0 Å². The molecule has 4 nitrogen and oxygen atoms in total. The van der Waals surface area contributed by atoms with E-state index in [4.69, 9.17) is 9.05 Å². The first-order valence-corrected chi connectivity index (χ1v) is 9.48. The third-order valence-electron chi connectivity index (χ3n) is 4.98. The van der Waals surface area contributed by atoms with Crippen LogP contribution in [0.1, 0.15) is 66.2 Å². The Labute approximate surface area is 127 Å². The molecule has 0 aromatic carbocycles. The Balaban J connectivity index is 2.05. The largest absolute Gasteiger partial charge is 0.584 e. The first kappa shape index (κ1) is 16.6. The molecule has 2 unspecified atom stereocenters. The van der Waals surface area contributed by atoms with Gasteiger partial charge in [-0.25, -0.2) is 4.57 Å². The Morgan fingerprint density at radius 3 is 1.67 bits per heavy atom. The van der Waals surface area contributed by atoms with E-state index in [0.29, 0.717) is 23.4 Å². The maximum atomic E-state index is 12.2. The Bertz CT molecular complexity index is 464. The highest BCUT2D eigenvalue weighted by molar-refractivity contribution is 7.47. The van der Waals surface area contributed by atoms with Gasteiger partial charge >= 0.3 is 7.82 Å². The van der Waals surface area contributed by atoms with Crippen LogP contribution in [0.15, 0.2) is 22.7 Å². The second-order valence-corrected chi connectivity index (χ2v) is 7.45. The molecule has 1 N–H and O–H groups in total. The van der Waals surface area contributed by atoms with Crippen LogP contribution in [-0.2, 0) is 13.6 Å². The molecule has 120 valence electrons. The number of phosphoric ester groups is 1. The Morgan fingerprint density at radius 1 is 1.00 bits per heavy atom. The van der Waals surface area contributed by atoms with Crippen molar-refractivity contribution in [3.63, 3.8) is 0 Å². The van der Waals surface area contributed by atoms with Crippen LogP contribution in [0.5, 0.6) is 0 Å². The van der Waals surface area contributed by atoms with Gasteiger partial charge in [-0.2, -0.15) is 0 Å². The third-order valence-corrected chi connectivity index (χ3v) is 5.88. The monoisotopic (exact) mass is 314 g/mol. The van der Waals surface area contributed by atoms with E-state index >= 15 is 0 Å². The molecule has 0 aliphatic heterocycles. The molecule has 0 heterocycles. The van der Waals surface area contributed by atoms with Crippen molar-refractivity contribution in [1.29, 1.82) is 0 Å². The van der Waals surface area contributed by atoms with Gasteiger partial charge in [0.25, 0.3) is 0 Å². The zero-order chi connectivity index (χ0) is 15.6. The van der Waals surface area contributed by atoms with Crippen molar-refractivity contribution in [3.8, 4) is 0 Å². The van der Waals surface area contributed by atoms with Gasteiger partial charge in [-0.15, -0.1) is 0 Å². The molecule has 0 saturated heterocycles. The first-order valence-electron chi connectivity index (χ1n) is 7.99. The van der Waals surface area contributed by atoms with E-state index in [9.17, 15) is 9.46 Å². The van der Waals surface area contributed by atoms with Gasteiger partial charge in [-0.3, -0.25) is 4.89 Å². The molecule has 0 saturated carbocycles. The van der Waals surface area contributed by atoms with Gasteiger partial charge in [-0.1, -0.05) is 13.8 Å². The lowest BCUT2D eigenvalue weighted by Crippen LogP contribution is -1.98. The maximum Gasteiger partial charge on any atom is 0.584 e. The van der Waals surface area contributed by atoms with Gasteiger partial charge in [0.2, 0.25) is 0 Å². The molecule has 0 aromatic rings. The molecular formula is C16H27O4P. The molecule has 0 amide bonds. The summed E-state index contributed by atoms with van der Waals surface area (Å²) in [6.45, 7) is 8.24. The molecule has 2 rings (SSSR count). The van der Waals surface area contributed by atoms with Crippen LogP contribution >= 0.6 is 7.82 Å². The topological polar surface area (TPSA) is 55.8 Å². The van der Waals surface area contributed by atoms with Gasteiger partial charge < -0.3 is 9.05 Å². The van der Waals surface area contributed by atoms with E-state index in [-0.39, 0.29) is 0 Å². The van der Waals surface area contributed by atoms with Crippen LogP contribution in [0, 0.1) is 11.8 Å². The summed E-state index contributed by atoms with van der Waals surface area (Å²) in [7, 11) is -4.06. The minimum absolute atomic E-state index is 0.469. The van der Waals surface area contributed by atoms with Crippen molar-refractivity contribution in [3.05, 3.63) is 22.7 Å². The van der Waals surface area contributed by atoms with Crippen LogP contribution in [0.3, 0.4) is 0 Å². The fourth-order valence-corrected chi connectivity index (χ4v) is 4.51. The van der Waals surface area contributed by atoms with Crippen molar-refractivity contribution in [2.24, 2.45) is 11.8 Å². The van der Waals surface area contributed by atoms with Gasteiger partial charge in [0, 0.05) is 12.8 Å². The average molecular weight is 314 g/mol. The SMILES string of the molecule is CCC1CCC(OP(=O)(O)OC2=C(C)C(CC)CC2)=C1C. The summed E-state index contributed by atoms with van der Waals surface area (Å²) < 4.78 is 23.0. The van der Waals surface area contributed by atoms with Crippen LogP contribution in [0.25, 0.3) is 0 Å². The summed E-state index contributed by atoms with van der Waals surface area (Å²) in [6, 6.07) is 0.